The number of aromatic carboxylic acids is 1. The van der Waals surface area contributed by atoms with Gasteiger partial charge in [0.1, 0.15) is 5.82 Å². The van der Waals surface area contributed by atoms with E-state index in [1.54, 1.807) is 0 Å². The van der Waals surface area contributed by atoms with E-state index in [-0.39, 0.29) is 23.8 Å². The van der Waals surface area contributed by atoms with E-state index in [2.05, 4.69) is 5.32 Å². The van der Waals surface area contributed by atoms with Crippen molar-refractivity contribution < 1.29 is 19.0 Å². The Labute approximate surface area is 111 Å². The minimum Gasteiger partial charge on any atom is -0.478 e. The number of hydrogen-bond acceptors (Lipinski definition) is 3. The van der Waals surface area contributed by atoms with Gasteiger partial charge in [-0.1, -0.05) is 0 Å². The molecule has 1 aliphatic heterocycles. The predicted octanol–water partition coefficient (Wildman–Crippen LogP) is 2.18. The zero-order valence-corrected chi connectivity index (χ0v) is 11.1. The molecule has 1 aromatic rings. The van der Waals surface area contributed by atoms with Crippen molar-refractivity contribution in [3.05, 3.63) is 35.1 Å². The van der Waals surface area contributed by atoms with E-state index in [0.717, 1.165) is 6.42 Å². The fourth-order valence-electron chi connectivity index (χ4n) is 2.21. The lowest BCUT2D eigenvalue weighted by atomic mass is 9.94. The molecule has 2 atom stereocenters. The third-order valence-electron chi connectivity index (χ3n) is 3.86. The van der Waals surface area contributed by atoms with Gasteiger partial charge < -0.3 is 15.2 Å². The van der Waals surface area contributed by atoms with Crippen LogP contribution in [0.15, 0.2) is 18.2 Å². The molecule has 1 aliphatic rings. The summed E-state index contributed by atoms with van der Waals surface area (Å²) in [5.41, 5.74) is 0.255. The summed E-state index contributed by atoms with van der Waals surface area (Å²) in [5, 5.41) is 12.2. The minimum atomic E-state index is -1.05. The Morgan fingerprint density at radius 1 is 1.63 bits per heavy atom. The maximum absolute atomic E-state index is 13.7. The van der Waals surface area contributed by atoms with Crippen molar-refractivity contribution in [2.75, 3.05) is 6.61 Å². The molecule has 0 aromatic heterocycles. The van der Waals surface area contributed by atoms with Gasteiger partial charge in [-0.2, -0.15) is 0 Å². The van der Waals surface area contributed by atoms with Crippen LogP contribution in [0.1, 0.15) is 36.2 Å². The largest absolute Gasteiger partial charge is 0.478 e. The van der Waals surface area contributed by atoms with Crippen molar-refractivity contribution in [2.24, 2.45) is 0 Å². The molecule has 2 rings (SSSR count). The maximum atomic E-state index is 13.7. The van der Waals surface area contributed by atoms with Gasteiger partial charge in [0.15, 0.2) is 0 Å². The SMILES string of the molecule is CC1OCCC1(C)NCc1cc(C(=O)O)ccc1F. The number of benzene rings is 1. The fourth-order valence-corrected chi connectivity index (χ4v) is 2.21. The first-order valence-electron chi connectivity index (χ1n) is 6.31. The Morgan fingerprint density at radius 3 is 2.95 bits per heavy atom. The molecule has 104 valence electrons. The van der Waals surface area contributed by atoms with E-state index in [9.17, 15) is 9.18 Å². The molecule has 1 saturated heterocycles. The third kappa shape index (κ3) is 2.93. The molecule has 1 heterocycles. The van der Waals surface area contributed by atoms with Gasteiger partial charge in [0.25, 0.3) is 0 Å². The van der Waals surface area contributed by atoms with Crippen molar-refractivity contribution in [2.45, 2.75) is 38.5 Å². The van der Waals surface area contributed by atoms with Crippen LogP contribution in [0, 0.1) is 5.82 Å². The first kappa shape index (κ1) is 14.0. The average molecular weight is 267 g/mol. The van der Waals surface area contributed by atoms with E-state index < -0.39 is 11.8 Å². The Bertz CT molecular complexity index is 492. The van der Waals surface area contributed by atoms with Crippen LogP contribution in [-0.2, 0) is 11.3 Å². The van der Waals surface area contributed by atoms with Crippen LogP contribution < -0.4 is 5.32 Å². The summed E-state index contributed by atoms with van der Waals surface area (Å²) < 4.78 is 19.2. The molecule has 0 saturated carbocycles. The Hall–Kier alpha value is -1.46. The monoisotopic (exact) mass is 267 g/mol. The molecular weight excluding hydrogens is 249 g/mol. The lowest BCUT2D eigenvalue weighted by molar-refractivity contribution is 0.0696. The standard InChI is InChI=1S/C14H18FNO3/c1-9-14(2,5-6-19-9)16-8-11-7-10(13(17)18)3-4-12(11)15/h3-4,7,9,16H,5-6,8H2,1-2H3,(H,17,18). The summed E-state index contributed by atoms with van der Waals surface area (Å²) in [6.07, 6.45) is 0.909. The van der Waals surface area contributed by atoms with E-state index in [0.29, 0.717) is 12.2 Å². The maximum Gasteiger partial charge on any atom is 0.335 e. The lowest BCUT2D eigenvalue weighted by Gasteiger charge is -2.29. The fraction of sp³-hybridized carbons (Fsp3) is 0.500. The quantitative estimate of drug-likeness (QED) is 0.878. The molecule has 0 amide bonds. The minimum absolute atomic E-state index is 0.0539. The molecule has 0 spiro atoms. The number of carbonyl (C=O) groups is 1. The molecule has 2 unspecified atom stereocenters. The zero-order valence-electron chi connectivity index (χ0n) is 11.1. The molecule has 0 radical (unpaired) electrons. The lowest BCUT2D eigenvalue weighted by Crippen LogP contribution is -2.47. The number of ether oxygens (including phenoxy) is 1. The Kier molecular flexibility index (Phi) is 3.87. The number of carboxylic acids is 1. The molecule has 4 nitrogen and oxygen atoms in total. The highest BCUT2D eigenvalue weighted by atomic mass is 19.1. The molecule has 1 fully saturated rings. The number of halogens is 1. The van der Waals surface area contributed by atoms with Crippen molar-refractivity contribution >= 4 is 5.97 Å². The molecule has 0 bridgehead atoms. The van der Waals surface area contributed by atoms with E-state index >= 15 is 0 Å². The molecule has 5 heteroatoms. The third-order valence-corrected chi connectivity index (χ3v) is 3.86. The van der Waals surface area contributed by atoms with Crippen molar-refractivity contribution in [3.63, 3.8) is 0 Å². The summed E-state index contributed by atoms with van der Waals surface area (Å²) in [5.74, 6) is -1.45. The van der Waals surface area contributed by atoms with Crippen LogP contribution in [0.25, 0.3) is 0 Å². The van der Waals surface area contributed by atoms with E-state index in [1.807, 2.05) is 13.8 Å². The summed E-state index contributed by atoms with van der Waals surface area (Å²) >= 11 is 0. The summed E-state index contributed by atoms with van der Waals surface area (Å²) in [7, 11) is 0. The molecule has 0 aliphatic carbocycles. The number of hydrogen-bond donors (Lipinski definition) is 2. The summed E-state index contributed by atoms with van der Waals surface area (Å²) in [4.78, 5) is 10.9. The smallest absolute Gasteiger partial charge is 0.335 e. The van der Waals surface area contributed by atoms with Crippen LogP contribution in [0.3, 0.4) is 0 Å². The first-order valence-corrected chi connectivity index (χ1v) is 6.31. The van der Waals surface area contributed by atoms with Gasteiger partial charge in [-0.05, 0) is 38.5 Å². The highest BCUT2D eigenvalue weighted by Crippen LogP contribution is 2.25. The molecule has 19 heavy (non-hydrogen) atoms. The normalized spacial score (nSPS) is 26.6. The number of rotatable bonds is 4. The van der Waals surface area contributed by atoms with Crippen LogP contribution in [0.2, 0.25) is 0 Å². The second kappa shape index (κ2) is 5.27. The van der Waals surface area contributed by atoms with Crippen molar-refractivity contribution in [1.29, 1.82) is 0 Å². The van der Waals surface area contributed by atoms with Crippen LogP contribution in [-0.4, -0.2) is 29.3 Å². The average Bonchev–Trinajstić information content (AvgIpc) is 2.69. The number of nitrogens with one attached hydrogen (secondary N) is 1. The van der Waals surface area contributed by atoms with Gasteiger partial charge in [0, 0.05) is 24.3 Å². The highest BCUT2D eigenvalue weighted by Gasteiger charge is 2.36. The van der Waals surface area contributed by atoms with Gasteiger partial charge in [-0.3, -0.25) is 0 Å². The van der Waals surface area contributed by atoms with Crippen LogP contribution in [0.5, 0.6) is 0 Å². The Morgan fingerprint density at radius 2 is 2.37 bits per heavy atom. The van der Waals surface area contributed by atoms with E-state index in [4.69, 9.17) is 9.84 Å². The predicted molar refractivity (Wildman–Crippen MR) is 68.6 cm³/mol. The van der Waals surface area contributed by atoms with Crippen LogP contribution >= 0.6 is 0 Å². The van der Waals surface area contributed by atoms with Crippen LogP contribution in [0.4, 0.5) is 4.39 Å². The van der Waals surface area contributed by atoms with Gasteiger partial charge in [-0.25, -0.2) is 9.18 Å². The molecule has 1 aromatic carbocycles. The van der Waals surface area contributed by atoms with Gasteiger partial charge in [0.05, 0.1) is 11.7 Å². The van der Waals surface area contributed by atoms with Gasteiger partial charge in [0.2, 0.25) is 0 Å². The second-order valence-electron chi connectivity index (χ2n) is 5.15. The summed E-state index contributed by atoms with van der Waals surface area (Å²) in [6.45, 7) is 4.98. The molecular formula is C14H18FNO3. The van der Waals surface area contributed by atoms with E-state index in [1.165, 1.54) is 18.2 Å². The zero-order chi connectivity index (χ0) is 14.0. The second-order valence-corrected chi connectivity index (χ2v) is 5.15. The molecule has 2 N–H and O–H groups in total. The van der Waals surface area contributed by atoms with Gasteiger partial charge >= 0.3 is 5.97 Å². The number of carboxylic acid groups (broad SMARTS) is 1. The topological polar surface area (TPSA) is 58.6 Å². The van der Waals surface area contributed by atoms with Crippen molar-refractivity contribution in [3.8, 4) is 0 Å². The summed E-state index contributed by atoms with van der Waals surface area (Å²) in [6, 6.07) is 3.83. The first-order chi connectivity index (χ1) is 8.92. The Balaban J connectivity index is 2.11. The van der Waals surface area contributed by atoms with Crippen molar-refractivity contribution in [1.82, 2.24) is 5.32 Å². The van der Waals surface area contributed by atoms with Gasteiger partial charge in [-0.15, -0.1) is 0 Å². The highest BCUT2D eigenvalue weighted by molar-refractivity contribution is 5.87.